The molecule has 0 amide bonds. The first-order valence-electron chi connectivity index (χ1n) is 5.10. The molecule has 0 saturated carbocycles. The first-order valence-corrected chi connectivity index (χ1v) is 7.28. The van der Waals surface area contributed by atoms with Crippen molar-refractivity contribution in [3.63, 3.8) is 0 Å². The van der Waals surface area contributed by atoms with Gasteiger partial charge in [-0.1, -0.05) is 13.0 Å². The van der Waals surface area contributed by atoms with Crippen LogP contribution in [0.5, 0.6) is 0 Å². The number of nitrogens with zero attached hydrogens (tertiary/aromatic N) is 1. The minimum Gasteiger partial charge on any atom is -0.308 e. The van der Waals surface area contributed by atoms with E-state index in [2.05, 4.69) is 39.4 Å². The molecule has 1 heterocycles. The molecule has 0 saturated heterocycles. The topological polar surface area (TPSA) is 24.9 Å². The second-order valence-electron chi connectivity index (χ2n) is 3.39. The molecule has 1 N–H and O–H groups in total. The Morgan fingerprint density at radius 3 is 2.93 bits per heavy atom. The summed E-state index contributed by atoms with van der Waals surface area (Å²) in [6.45, 7) is 3.06. The molecule has 0 aliphatic carbocycles. The van der Waals surface area contributed by atoms with Crippen molar-refractivity contribution in [3.8, 4) is 0 Å². The Bertz CT molecular complexity index is 294. The van der Waals surface area contributed by atoms with Crippen LogP contribution < -0.4 is 5.32 Å². The molecular formula is C11H17BrN2S. The molecule has 1 unspecified atom stereocenters. The van der Waals surface area contributed by atoms with E-state index in [0.717, 1.165) is 29.0 Å². The largest absolute Gasteiger partial charge is 0.308 e. The maximum Gasteiger partial charge on any atom is 0.106 e. The molecule has 1 atom stereocenters. The van der Waals surface area contributed by atoms with Crippen molar-refractivity contribution in [2.45, 2.75) is 25.9 Å². The van der Waals surface area contributed by atoms with Gasteiger partial charge in [0.15, 0.2) is 0 Å². The number of hydrogen-bond acceptors (Lipinski definition) is 3. The molecule has 4 heteroatoms. The van der Waals surface area contributed by atoms with Gasteiger partial charge in [0.2, 0.25) is 0 Å². The number of pyridine rings is 1. The molecule has 2 nitrogen and oxygen atoms in total. The molecule has 1 aromatic heterocycles. The van der Waals surface area contributed by atoms with Gasteiger partial charge in [-0.25, -0.2) is 4.98 Å². The van der Waals surface area contributed by atoms with Crippen LogP contribution in [0.3, 0.4) is 0 Å². The average Bonchev–Trinajstić information content (AvgIpc) is 2.24. The molecule has 0 fully saturated rings. The average molecular weight is 289 g/mol. The maximum atomic E-state index is 4.39. The predicted molar refractivity (Wildman–Crippen MR) is 71.2 cm³/mol. The van der Waals surface area contributed by atoms with Crippen LogP contribution in [0.2, 0.25) is 0 Å². The Morgan fingerprint density at radius 1 is 1.53 bits per heavy atom. The van der Waals surface area contributed by atoms with Crippen molar-refractivity contribution < 1.29 is 0 Å². The third-order valence-corrected chi connectivity index (χ3v) is 3.38. The highest BCUT2D eigenvalue weighted by Gasteiger charge is 2.04. The van der Waals surface area contributed by atoms with Crippen LogP contribution in [0.15, 0.2) is 22.8 Å². The summed E-state index contributed by atoms with van der Waals surface area (Å²) in [5, 5.41) is 3.51. The first kappa shape index (κ1) is 13.0. The number of halogens is 1. The van der Waals surface area contributed by atoms with Crippen LogP contribution in [0.4, 0.5) is 0 Å². The smallest absolute Gasteiger partial charge is 0.106 e. The van der Waals surface area contributed by atoms with E-state index >= 15 is 0 Å². The van der Waals surface area contributed by atoms with Gasteiger partial charge in [0, 0.05) is 18.3 Å². The molecule has 0 aliphatic rings. The van der Waals surface area contributed by atoms with Gasteiger partial charge in [0.25, 0.3) is 0 Å². The van der Waals surface area contributed by atoms with Gasteiger partial charge in [-0.2, -0.15) is 11.8 Å². The van der Waals surface area contributed by atoms with Crippen molar-refractivity contribution in [1.29, 1.82) is 0 Å². The van der Waals surface area contributed by atoms with Crippen LogP contribution in [0.1, 0.15) is 19.0 Å². The standard InChI is InChI=1S/C11H17BrN2S/c1-3-9(8-15-2)13-7-10-5-4-6-11(12)14-10/h4-6,9,13H,3,7-8H2,1-2H3. The number of rotatable bonds is 6. The molecule has 1 aromatic rings. The lowest BCUT2D eigenvalue weighted by Crippen LogP contribution is -2.30. The Hall–Kier alpha value is -0.0600. The second kappa shape index (κ2) is 7.25. The van der Waals surface area contributed by atoms with Crippen molar-refractivity contribution in [2.24, 2.45) is 0 Å². The zero-order valence-corrected chi connectivity index (χ0v) is 11.6. The molecule has 1 rings (SSSR count). The number of hydrogen-bond donors (Lipinski definition) is 1. The van der Waals surface area contributed by atoms with Crippen molar-refractivity contribution in [1.82, 2.24) is 10.3 Å². The third-order valence-electron chi connectivity index (χ3n) is 2.21. The molecular weight excluding hydrogens is 272 g/mol. The van der Waals surface area contributed by atoms with E-state index in [1.807, 2.05) is 30.0 Å². The van der Waals surface area contributed by atoms with E-state index in [1.54, 1.807) is 0 Å². The van der Waals surface area contributed by atoms with Crippen LogP contribution in [0.25, 0.3) is 0 Å². The fraction of sp³-hybridized carbons (Fsp3) is 0.545. The quantitative estimate of drug-likeness (QED) is 0.815. The Labute approximate surface area is 104 Å². The summed E-state index contributed by atoms with van der Waals surface area (Å²) >= 11 is 5.25. The fourth-order valence-electron chi connectivity index (χ4n) is 1.32. The summed E-state index contributed by atoms with van der Waals surface area (Å²) in [7, 11) is 0. The summed E-state index contributed by atoms with van der Waals surface area (Å²) in [4.78, 5) is 4.39. The van der Waals surface area contributed by atoms with E-state index < -0.39 is 0 Å². The van der Waals surface area contributed by atoms with E-state index in [1.165, 1.54) is 0 Å². The van der Waals surface area contributed by atoms with Crippen LogP contribution >= 0.6 is 27.7 Å². The zero-order valence-electron chi connectivity index (χ0n) is 9.16. The van der Waals surface area contributed by atoms with Crippen LogP contribution in [0, 0.1) is 0 Å². The van der Waals surface area contributed by atoms with Crippen molar-refractivity contribution >= 4 is 27.7 Å². The Balaban J connectivity index is 2.41. The summed E-state index contributed by atoms with van der Waals surface area (Å²) < 4.78 is 0.903. The number of thioether (sulfide) groups is 1. The van der Waals surface area contributed by atoms with Gasteiger partial charge in [-0.05, 0) is 40.7 Å². The zero-order chi connectivity index (χ0) is 11.1. The third kappa shape index (κ3) is 5.00. The predicted octanol–water partition coefficient (Wildman–Crippen LogP) is 3.08. The van der Waals surface area contributed by atoms with E-state index in [0.29, 0.717) is 6.04 Å². The molecule has 0 aromatic carbocycles. The summed E-state index contributed by atoms with van der Waals surface area (Å²) in [6, 6.07) is 6.59. The molecule has 0 aliphatic heterocycles. The van der Waals surface area contributed by atoms with E-state index in [9.17, 15) is 0 Å². The van der Waals surface area contributed by atoms with E-state index in [4.69, 9.17) is 0 Å². The number of aromatic nitrogens is 1. The minimum atomic E-state index is 0.584. The Morgan fingerprint density at radius 2 is 2.33 bits per heavy atom. The molecule has 0 bridgehead atoms. The van der Waals surface area contributed by atoms with Gasteiger partial charge < -0.3 is 5.32 Å². The lowest BCUT2D eigenvalue weighted by molar-refractivity contribution is 0.536. The van der Waals surface area contributed by atoms with Gasteiger partial charge in [0.05, 0.1) is 5.69 Å². The van der Waals surface area contributed by atoms with Gasteiger partial charge in [-0.15, -0.1) is 0 Å². The second-order valence-corrected chi connectivity index (χ2v) is 5.12. The first-order chi connectivity index (χ1) is 7.26. The van der Waals surface area contributed by atoms with Gasteiger partial charge in [0.1, 0.15) is 4.60 Å². The van der Waals surface area contributed by atoms with Crippen LogP contribution in [-0.4, -0.2) is 23.0 Å². The van der Waals surface area contributed by atoms with E-state index in [-0.39, 0.29) is 0 Å². The summed E-state index contributed by atoms with van der Waals surface area (Å²) in [6.07, 6.45) is 3.30. The SMILES string of the molecule is CCC(CSC)NCc1cccc(Br)n1. The highest BCUT2D eigenvalue weighted by Crippen LogP contribution is 2.07. The fourth-order valence-corrected chi connectivity index (χ4v) is 2.46. The molecule has 0 spiro atoms. The highest BCUT2D eigenvalue weighted by molar-refractivity contribution is 9.10. The number of nitrogens with one attached hydrogen (secondary N) is 1. The minimum absolute atomic E-state index is 0.584. The van der Waals surface area contributed by atoms with Crippen molar-refractivity contribution in [2.75, 3.05) is 12.0 Å². The van der Waals surface area contributed by atoms with Crippen molar-refractivity contribution in [3.05, 3.63) is 28.5 Å². The normalized spacial score (nSPS) is 12.7. The van der Waals surface area contributed by atoms with Gasteiger partial charge in [-0.3, -0.25) is 0 Å². The Kier molecular flexibility index (Phi) is 6.29. The lowest BCUT2D eigenvalue weighted by atomic mass is 10.2. The summed E-state index contributed by atoms with van der Waals surface area (Å²) in [5.41, 5.74) is 1.09. The monoisotopic (exact) mass is 288 g/mol. The maximum absolute atomic E-state index is 4.39. The molecule has 0 radical (unpaired) electrons. The van der Waals surface area contributed by atoms with Gasteiger partial charge >= 0.3 is 0 Å². The highest BCUT2D eigenvalue weighted by atomic mass is 79.9. The molecule has 84 valence electrons. The molecule has 15 heavy (non-hydrogen) atoms. The summed E-state index contributed by atoms with van der Waals surface area (Å²) in [5.74, 6) is 1.16. The lowest BCUT2D eigenvalue weighted by Gasteiger charge is -2.15. The van der Waals surface area contributed by atoms with Crippen LogP contribution in [-0.2, 0) is 6.54 Å².